The van der Waals surface area contributed by atoms with E-state index in [2.05, 4.69) is 33.4 Å². The molecule has 1 aliphatic rings. The van der Waals surface area contributed by atoms with Gasteiger partial charge in [0.05, 0.1) is 17.7 Å². The Balaban J connectivity index is 1.51. The Morgan fingerprint density at radius 2 is 2.10 bits per heavy atom. The molecule has 0 saturated carbocycles. The summed E-state index contributed by atoms with van der Waals surface area (Å²) in [6.07, 6.45) is 5.62. The Bertz CT molecular complexity index is 908. The van der Waals surface area contributed by atoms with Crippen molar-refractivity contribution >= 4 is 15.8 Å². The number of nitrogens with zero attached hydrogens (tertiary/aromatic N) is 4. The minimum Gasteiger partial charge on any atom is -0.357 e. The molecule has 1 unspecified atom stereocenters. The summed E-state index contributed by atoms with van der Waals surface area (Å²) in [5.41, 5.74) is 2.10. The first kappa shape index (κ1) is 21.4. The number of likely N-dealkylation sites (tertiary alicyclic amines) is 1. The van der Waals surface area contributed by atoms with Crippen molar-refractivity contribution in [2.45, 2.75) is 31.4 Å². The summed E-state index contributed by atoms with van der Waals surface area (Å²) in [5.74, 6) is 1.58. The first-order valence-electron chi connectivity index (χ1n) is 10.2. The van der Waals surface area contributed by atoms with Crippen LogP contribution in [0, 0.1) is 0 Å². The molecule has 3 rings (SSSR count). The molecule has 1 saturated heterocycles. The van der Waals surface area contributed by atoms with Crippen molar-refractivity contribution in [3.8, 4) is 0 Å². The standard InChI is InChI=1S/C21H31N5O2S/c1-3-22-21(26-12-10-19(16-26)20-14-24-25(2)15-20)23-11-7-13-29(27,28)17-18-8-5-4-6-9-18/h4-6,8-9,14-15,19H,3,7,10-13,16-17H2,1-2H3,(H,22,23). The second kappa shape index (κ2) is 9.91. The monoisotopic (exact) mass is 417 g/mol. The van der Waals surface area contributed by atoms with Crippen molar-refractivity contribution < 1.29 is 8.42 Å². The normalized spacial score (nSPS) is 17.7. The number of aliphatic imine (C=N–C) groups is 1. The third-order valence-electron chi connectivity index (χ3n) is 5.12. The van der Waals surface area contributed by atoms with E-state index in [9.17, 15) is 8.42 Å². The molecule has 29 heavy (non-hydrogen) atoms. The summed E-state index contributed by atoms with van der Waals surface area (Å²) in [6.45, 7) is 5.19. The van der Waals surface area contributed by atoms with Crippen LogP contribution in [0.2, 0.25) is 0 Å². The van der Waals surface area contributed by atoms with Gasteiger partial charge in [0.25, 0.3) is 0 Å². The van der Waals surface area contributed by atoms with Crippen molar-refractivity contribution in [1.29, 1.82) is 0 Å². The van der Waals surface area contributed by atoms with Gasteiger partial charge in [-0.3, -0.25) is 9.67 Å². The quantitative estimate of drug-likeness (QED) is 0.405. The Hall–Kier alpha value is -2.35. The zero-order chi connectivity index (χ0) is 20.7. The molecule has 1 aliphatic heterocycles. The summed E-state index contributed by atoms with van der Waals surface area (Å²) >= 11 is 0. The lowest BCUT2D eigenvalue weighted by Crippen LogP contribution is -2.40. The Morgan fingerprint density at radius 3 is 2.79 bits per heavy atom. The largest absolute Gasteiger partial charge is 0.357 e. The zero-order valence-corrected chi connectivity index (χ0v) is 18.1. The Labute approximate surface area is 173 Å². The molecule has 2 heterocycles. The molecule has 1 atom stereocenters. The summed E-state index contributed by atoms with van der Waals surface area (Å²) in [7, 11) is -1.18. The highest BCUT2D eigenvalue weighted by atomic mass is 32.2. The molecule has 1 fully saturated rings. The van der Waals surface area contributed by atoms with E-state index in [1.54, 1.807) is 0 Å². The van der Waals surface area contributed by atoms with Gasteiger partial charge in [0.2, 0.25) is 0 Å². The molecule has 0 bridgehead atoms. The van der Waals surface area contributed by atoms with E-state index < -0.39 is 9.84 Å². The van der Waals surface area contributed by atoms with Gasteiger partial charge in [-0.15, -0.1) is 0 Å². The fourth-order valence-electron chi connectivity index (χ4n) is 3.67. The van der Waals surface area contributed by atoms with Crippen LogP contribution in [0.4, 0.5) is 0 Å². The fourth-order valence-corrected chi connectivity index (χ4v) is 5.08. The van der Waals surface area contributed by atoms with Gasteiger partial charge < -0.3 is 10.2 Å². The number of rotatable bonds is 8. The maximum atomic E-state index is 12.3. The first-order valence-corrected chi connectivity index (χ1v) is 12.0. The van der Waals surface area contributed by atoms with Crippen molar-refractivity contribution in [2.24, 2.45) is 12.0 Å². The summed E-state index contributed by atoms with van der Waals surface area (Å²) in [5, 5.41) is 7.62. The third-order valence-corrected chi connectivity index (χ3v) is 6.81. The topological polar surface area (TPSA) is 79.6 Å². The molecule has 1 aromatic heterocycles. The van der Waals surface area contributed by atoms with E-state index >= 15 is 0 Å². The predicted molar refractivity (Wildman–Crippen MR) is 117 cm³/mol. The molecular weight excluding hydrogens is 386 g/mol. The average Bonchev–Trinajstić information content (AvgIpc) is 3.34. The molecule has 0 radical (unpaired) electrons. The van der Waals surface area contributed by atoms with Crippen LogP contribution < -0.4 is 5.32 Å². The lowest BCUT2D eigenvalue weighted by molar-refractivity contribution is 0.486. The third kappa shape index (κ3) is 6.32. The van der Waals surface area contributed by atoms with Crippen molar-refractivity contribution in [2.75, 3.05) is 31.9 Å². The van der Waals surface area contributed by atoms with Crippen LogP contribution in [-0.4, -0.2) is 61.0 Å². The van der Waals surface area contributed by atoms with E-state index in [1.807, 2.05) is 48.3 Å². The lowest BCUT2D eigenvalue weighted by atomic mass is 10.0. The van der Waals surface area contributed by atoms with E-state index in [4.69, 9.17) is 0 Å². The average molecular weight is 418 g/mol. The van der Waals surface area contributed by atoms with Crippen LogP contribution in [0.5, 0.6) is 0 Å². The Kier molecular flexibility index (Phi) is 7.30. The van der Waals surface area contributed by atoms with Crippen LogP contribution in [0.25, 0.3) is 0 Å². The van der Waals surface area contributed by atoms with E-state index in [1.165, 1.54) is 5.56 Å². The molecule has 0 amide bonds. The molecule has 2 aromatic rings. The molecule has 0 spiro atoms. The van der Waals surface area contributed by atoms with E-state index in [0.29, 0.717) is 18.9 Å². The van der Waals surface area contributed by atoms with Crippen LogP contribution in [-0.2, 0) is 22.6 Å². The lowest BCUT2D eigenvalue weighted by Gasteiger charge is -2.21. The van der Waals surface area contributed by atoms with Gasteiger partial charge in [0.15, 0.2) is 15.8 Å². The number of hydrogen-bond acceptors (Lipinski definition) is 4. The van der Waals surface area contributed by atoms with Crippen LogP contribution >= 0.6 is 0 Å². The van der Waals surface area contributed by atoms with Crippen LogP contribution in [0.3, 0.4) is 0 Å². The number of nitrogens with one attached hydrogen (secondary N) is 1. The number of sulfone groups is 1. The maximum absolute atomic E-state index is 12.3. The van der Waals surface area contributed by atoms with Gasteiger partial charge in [0.1, 0.15) is 0 Å². The zero-order valence-electron chi connectivity index (χ0n) is 17.3. The summed E-state index contributed by atoms with van der Waals surface area (Å²) < 4.78 is 26.5. The second-order valence-electron chi connectivity index (χ2n) is 7.55. The molecule has 1 aromatic carbocycles. The molecule has 1 N–H and O–H groups in total. The number of aromatic nitrogens is 2. The first-order chi connectivity index (χ1) is 14.0. The van der Waals surface area contributed by atoms with Gasteiger partial charge in [-0.05, 0) is 30.9 Å². The highest BCUT2D eigenvalue weighted by Gasteiger charge is 2.26. The minimum absolute atomic E-state index is 0.0938. The SMILES string of the molecule is CCNC(=NCCCS(=O)(=O)Cc1ccccc1)N1CCC(c2cnn(C)c2)C1. The number of aryl methyl sites for hydroxylation is 1. The van der Waals surface area contributed by atoms with Gasteiger partial charge in [-0.2, -0.15) is 5.10 Å². The summed E-state index contributed by atoms with van der Waals surface area (Å²) in [4.78, 5) is 6.95. The van der Waals surface area contributed by atoms with Gasteiger partial charge in [-0.1, -0.05) is 30.3 Å². The molecule has 7 nitrogen and oxygen atoms in total. The fraction of sp³-hybridized carbons (Fsp3) is 0.524. The van der Waals surface area contributed by atoms with Gasteiger partial charge in [-0.25, -0.2) is 8.42 Å². The van der Waals surface area contributed by atoms with Crippen molar-refractivity contribution in [3.63, 3.8) is 0 Å². The molecular formula is C21H31N5O2S. The van der Waals surface area contributed by atoms with Gasteiger partial charge in [0, 0.05) is 45.3 Å². The minimum atomic E-state index is -3.12. The number of benzene rings is 1. The van der Waals surface area contributed by atoms with E-state index in [0.717, 1.165) is 37.6 Å². The predicted octanol–water partition coefficient (Wildman–Crippen LogP) is 2.18. The van der Waals surface area contributed by atoms with Crippen LogP contribution in [0.15, 0.2) is 47.7 Å². The smallest absolute Gasteiger partial charge is 0.193 e. The van der Waals surface area contributed by atoms with Crippen molar-refractivity contribution in [3.05, 3.63) is 53.9 Å². The molecule has 0 aliphatic carbocycles. The number of hydrogen-bond donors (Lipinski definition) is 1. The molecule has 8 heteroatoms. The van der Waals surface area contributed by atoms with E-state index in [-0.39, 0.29) is 11.5 Å². The van der Waals surface area contributed by atoms with Crippen LogP contribution in [0.1, 0.15) is 36.8 Å². The van der Waals surface area contributed by atoms with Crippen molar-refractivity contribution in [1.82, 2.24) is 20.0 Å². The maximum Gasteiger partial charge on any atom is 0.193 e. The molecule has 158 valence electrons. The second-order valence-corrected chi connectivity index (χ2v) is 9.73. The summed E-state index contributed by atoms with van der Waals surface area (Å²) in [6, 6.07) is 9.33. The number of guanidine groups is 1. The highest BCUT2D eigenvalue weighted by Crippen LogP contribution is 2.26. The highest BCUT2D eigenvalue weighted by molar-refractivity contribution is 7.90. The van der Waals surface area contributed by atoms with Gasteiger partial charge >= 0.3 is 0 Å². The Morgan fingerprint density at radius 1 is 1.31 bits per heavy atom.